The molecule has 1 atom stereocenters. The van der Waals surface area contributed by atoms with Gasteiger partial charge in [0.1, 0.15) is 16.9 Å². The molecule has 0 spiro atoms. The van der Waals surface area contributed by atoms with Crippen LogP contribution in [0.3, 0.4) is 0 Å². The quantitative estimate of drug-likeness (QED) is 0.369. The van der Waals surface area contributed by atoms with E-state index in [0.717, 1.165) is 0 Å². The van der Waals surface area contributed by atoms with Gasteiger partial charge in [0, 0.05) is 10.8 Å². The summed E-state index contributed by atoms with van der Waals surface area (Å²) in [7, 11) is 0. The first-order chi connectivity index (χ1) is 13.2. The fourth-order valence-corrected chi connectivity index (χ4v) is 2.97. The molecule has 0 fully saturated rings. The first-order valence-corrected chi connectivity index (χ1v) is 9.35. The number of aliphatic carboxylic acids is 1. The summed E-state index contributed by atoms with van der Waals surface area (Å²) in [5.41, 5.74) is 5.07. The number of carbonyl (C=O) groups excluding carboxylic acids is 1. The van der Waals surface area contributed by atoms with E-state index in [1.807, 2.05) is 13.8 Å². The average molecular weight is 410 g/mol. The van der Waals surface area contributed by atoms with Crippen LogP contribution in [0.5, 0.6) is 11.5 Å². The molecule has 152 valence electrons. The molecule has 0 saturated heterocycles. The molecule has 1 amide bonds. The van der Waals surface area contributed by atoms with Crippen LogP contribution in [0.4, 0.5) is 0 Å². The fraction of sp³-hybridized carbons (Fsp3) is 0.421. The lowest BCUT2D eigenvalue weighted by atomic mass is 10.1. The lowest BCUT2D eigenvalue weighted by Gasteiger charge is -2.16. The summed E-state index contributed by atoms with van der Waals surface area (Å²) in [6, 6.07) is 3.76. The Morgan fingerprint density at radius 3 is 2.61 bits per heavy atom. The van der Waals surface area contributed by atoms with E-state index in [0.29, 0.717) is 35.9 Å². The van der Waals surface area contributed by atoms with Gasteiger partial charge in [-0.15, -0.1) is 0 Å². The number of hydrogen-bond donors (Lipinski definition) is 4. The Balaban J connectivity index is 2.35. The van der Waals surface area contributed by atoms with Crippen LogP contribution in [-0.2, 0) is 4.79 Å². The lowest BCUT2D eigenvalue weighted by molar-refractivity contribution is -0.139. The number of aromatic nitrogens is 1. The highest BCUT2D eigenvalue weighted by molar-refractivity contribution is 6.35. The van der Waals surface area contributed by atoms with Crippen molar-refractivity contribution in [2.75, 3.05) is 6.54 Å². The van der Waals surface area contributed by atoms with Crippen LogP contribution in [0.1, 0.15) is 43.6 Å². The van der Waals surface area contributed by atoms with Crippen LogP contribution in [0.15, 0.2) is 18.2 Å². The Bertz CT molecular complexity index is 872. The third-order valence-corrected chi connectivity index (χ3v) is 4.33. The highest BCUT2D eigenvalue weighted by atomic mass is 35.5. The fourth-order valence-electron chi connectivity index (χ4n) is 2.72. The number of carboxylic acids is 1. The summed E-state index contributed by atoms with van der Waals surface area (Å²) in [6.45, 7) is 4.15. The topological polar surface area (TPSA) is 135 Å². The predicted molar refractivity (Wildman–Crippen MR) is 106 cm³/mol. The van der Waals surface area contributed by atoms with Crippen molar-refractivity contribution < 1.29 is 24.5 Å². The van der Waals surface area contributed by atoms with Crippen molar-refractivity contribution in [3.05, 3.63) is 29.0 Å². The predicted octanol–water partition coefficient (Wildman–Crippen LogP) is 2.69. The molecule has 0 aliphatic carbocycles. The molecule has 9 heteroatoms. The summed E-state index contributed by atoms with van der Waals surface area (Å²) in [5.74, 6) is -1.89. The van der Waals surface area contributed by atoms with Crippen LogP contribution in [-0.4, -0.2) is 45.8 Å². The number of carbonyl (C=O) groups is 2. The van der Waals surface area contributed by atoms with Gasteiger partial charge in [0.15, 0.2) is 11.4 Å². The lowest BCUT2D eigenvalue weighted by Crippen LogP contribution is -2.41. The molecule has 0 aliphatic heterocycles. The van der Waals surface area contributed by atoms with Crippen molar-refractivity contribution in [3.8, 4) is 11.5 Å². The van der Waals surface area contributed by atoms with E-state index >= 15 is 0 Å². The second kappa shape index (κ2) is 9.57. The number of aromatic hydroxyl groups is 1. The number of halogens is 1. The minimum Gasteiger partial charge on any atom is -0.505 e. The maximum atomic E-state index is 12.6. The molecule has 1 unspecified atom stereocenters. The second-order valence-corrected chi connectivity index (χ2v) is 6.98. The zero-order chi connectivity index (χ0) is 20.8. The van der Waals surface area contributed by atoms with Crippen molar-refractivity contribution in [1.82, 2.24) is 10.3 Å². The molecule has 0 radical (unpaired) electrons. The molecule has 28 heavy (non-hydrogen) atoms. The number of carboxylic acid groups (broad SMARTS) is 1. The van der Waals surface area contributed by atoms with Gasteiger partial charge in [-0.1, -0.05) is 11.6 Å². The minimum absolute atomic E-state index is 0.0176. The molecule has 1 heterocycles. The van der Waals surface area contributed by atoms with Gasteiger partial charge in [-0.3, -0.25) is 4.79 Å². The SMILES string of the molecule is CC(C)Oc1ccc2c(Cl)nc(C(=O)NC(CCCCN)C(=O)O)c(O)c2c1. The third-order valence-electron chi connectivity index (χ3n) is 4.04. The summed E-state index contributed by atoms with van der Waals surface area (Å²) >= 11 is 6.16. The third kappa shape index (κ3) is 5.24. The number of unbranched alkanes of at least 4 members (excludes halogenated alkanes) is 1. The van der Waals surface area contributed by atoms with Gasteiger partial charge >= 0.3 is 5.97 Å². The zero-order valence-corrected chi connectivity index (χ0v) is 16.5. The number of nitrogens with zero attached hydrogens (tertiary/aromatic N) is 1. The number of nitrogens with two attached hydrogens (primary N) is 1. The molecule has 1 aromatic heterocycles. The van der Waals surface area contributed by atoms with Crippen molar-refractivity contribution in [2.45, 2.75) is 45.3 Å². The molecule has 2 rings (SSSR count). The van der Waals surface area contributed by atoms with Crippen LogP contribution in [0.2, 0.25) is 5.15 Å². The Labute approximate surface area is 167 Å². The Kier molecular flexibility index (Phi) is 7.42. The first kappa shape index (κ1) is 21.7. The van der Waals surface area contributed by atoms with Crippen molar-refractivity contribution >= 4 is 34.2 Å². The van der Waals surface area contributed by atoms with Crippen LogP contribution in [0, 0.1) is 0 Å². The number of amides is 1. The van der Waals surface area contributed by atoms with E-state index in [9.17, 15) is 19.8 Å². The molecule has 5 N–H and O–H groups in total. The Morgan fingerprint density at radius 1 is 1.29 bits per heavy atom. The van der Waals surface area contributed by atoms with E-state index < -0.39 is 23.7 Å². The summed E-state index contributed by atoms with van der Waals surface area (Å²) < 4.78 is 5.61. The molecule has 1 aromatic carbocycles. The molecule has 0 aliphatic rings. The number of rotatable bonds is 9. The Morgan fingerprint density at radius 2 is 2.00 bits per heavy atom. The van der Waals surface area contributed by atoms with Gasteiger partial charge in [0.25, 0.3) is 5.91 Å². The van der Waals surface area contributed by atoms with Gasteiger partial charge in [-0.25, -0.2) is 9.78 Å². The van der Waals surface area contributed by atoms with Crippen LogP contribution in [0.25, 0.3) is 10.8 Å². The number of ether oxygens (including phenoxy) is 1. The van der Waals surface area contributed by atoms with Gasteiger partial charge in [0.2, 0.25) is 0 Å². The second-order valence-electron chi connectivity index (χ2n) is 6.62. The summed E-state index contributed by atoms with van der Waals surface area (Å²) in [6.07, 6.45) is 1.32. The Hall–Kier alpha value is -2.58. The normalized spacial score (nSPS) is 12.2. The minimum atomic E-state index is -1.18. The number of fused-ring (bicyclic) bond motifs is 1. The maximum Gasteiger partial charge on any atom is 0.326 e. The number of pyridine rings is 1. The summed E-state index contributed by atoms with van der Waals surface area (Å²) in [4.78, 5) is 27.9. The van der Waals surface area contributed by atoms with Crippen molar-refractivity contribution in [2.24, 2.45) is 5.73 Å². The van der Waals surface area contributed by atoms with Gasteiger partial charge in [-0.2, -0.15) is 0 Å². The van der Waals surface area contributed by atoms with E-state index in [2.05, 4.69) is 10.3 Å². The molecule has 0 saturated carbocycles. The average Bonchev–Trinajstić information content (AvgIpc) is 2.63. The van der Waals surface area contributed by atoms with Gasteiger partial charge in [0.05, 0.1) is 6.10 Å². The van der Waals surface area contributed by atoms with E-state index in [1.54, 1.807) is 18.2 Å². The monoisotopic (exact) mass is 409 g/mol. The van der Waals surface area contributed by atoms with E-state index in [1.165, 1.54) is 0 Å². The standard InChI is InChI=1S/C19H24ClN3O5/c1-10(2)28-11-6-7-12-13(9-11)16(24)15(23-17(12)20)18(25)22-14(19(26)27)5-3-4-8-21/h6-7,9-10,14,24H,3-5,8,21H2,1-2H3,(H,22,25)(H,26,27). The van der Waals surface area contributed by atoms with E-state index in [-0.39, 0.29) is 23.4 Å². The molecule has 0 bridgehead atoms. The first-order valence-electron chi connectivity index (χ1n) is 8.97. The highest BCUT2D eigenvalue weighted by Crippen LogP contribution is 2.34. The van der Waals surface area contributed by atoms with Gasteiger partial charge in [-0.05, 0) is 57.9 Å². The van der Waals surface area contributed by atoms with Crippen molar-refractivity contribution in [1.29, 1.82) is 0 Å². The molecule has 2 aromatic rings. The van der Waals surface area contributed by atoms with E-state index in [4.69, 9.17) is 22.1 Å². The highest BCUT2D eigenvalue weighted by Gasteiger charge is 2.24. The zero-order valence-electron chi connectivity index (χ0n) is 15.7. The number of nitrogens with one attached hydrogen (secondary N) is 1. The van der Waals surface area contributed by atoms with Crippen LogP contribution < -0.4 is 15.8 Å². The largest absolute Gasteiger partial charge is 0.505 e. The maximum absolute atomic E-state index is 12.6. The number of benzene rings is 1. The summed E-state index contributed by atoms with van der Waals surface area (Å²) in [5, 5.41) is 23.0. The van der Waals surface area contributed by atoms with Crippen molar-refractivity contribution in [3.63, 3.8) is 0 Å². The molecular weight excluding hydrogens is 386 g/mol. The molecular formula is C19H24ClN3O5. The number of hydrogen-bond acceptors (Lipinski definition) is 6. The smallest absolute Gasteiger partial charge is 0.326 e. The van der Waals surface area contributed by atoms with Crippen LogP contribution >= 0.6 is 11.6 Å². The molecule has 8 nitrogen and oxygen atoms in total. The van der Waals surface area contributed by atoms with Gasteiger partial charge < -0.3 is 26.0 Å².